The van der Waals surface area contributed by atoms with Crippen molar-refractivity contribution in [2.45, 2.75) is 32.6 Å². The number of pyridine rings is 1. The zero-order valence-corrected chi connectivity index (χ0v) is 18.3. The predicted molar refractivity (Wildman–Crippen MR) is 118 cm³/mol. The number of nitrogens with zero attached hydrogens (tertiary/aromatic N) is 1. The van der Waals surface area contributed by atoms with Gasteiger partial charge in [0.2, 0.25) is 0 Å². The Balaban J connectivity index is 1.93. The second kappa shape index (κ2) is 13.1. The third kappa shape index (κ3) is 7.77. The number of methoxy groups -OCH3 is 2. The van der Waals surface area contributed by atoms with E-state index in [4.69, 9.17) is 18.9 Å². The number of ether oxygens (including phenoxy) is 4. The summed E-state index contributed by atoms with van der Waals surface area (Å²) in [7, 11) is 3.07. The summed E-state index contributed by atoms with van der Waals surface area (Å²) in [5.74, 6) is 1.23. The van der Waals surface area contributed by atoms with Crippen LogP contribution < -0.4 is 14.2 Å². The lowest BCUT2D eigenvalue weighted by atomic mass is 10.1. The molecule has 0 atom stereocenters. The summed E-state index contributed by atoms with van der Waals surface area (Å²) < 4.78 is 21.3. The van der Waals surface area contributed by atoms with E-state index in [2.05, 4.69) is 4.98 Å². The normalized spacial score (nSPS) is 10.7. The Bertz CT molecular complexity index is 893. The monoisotopic (exact) mass is 427 g/mol. The van der Waals surface area contributed by atoms with Crippen LogP contribution in [-0.4, -0.2) is 44.2 Å². The Kier molecular flexibility index (Phi) is 10.1. The van der Waals surface area contributed by atoms with Gasteiger partial charge in [0.25, 0.3) is 0 Å². The maximum atomic E-state index is 12.5. The van der Waals surface area contributed by atoms with Gasteiger partial charge in [-0.05, 0) is 50.5 Å². The molecule has 0 amide bonds. The van der Waals surface area contributed by atoms with Gasteiger partial charge in [-0.3, -0.25) is 14.6 Å². The van der Waals surface area contributed by atoms with Crippen LogP contribution in [0.25, 0.3) is 6.08 Å². The molecule has 0 aliphatic carbocycles. The first kappa shape index (κ1) is 23.9. The maximum absolute atomic E-state index is 12.5. The highest BCUT2D eigenvalue weighted by molar-refractivity contribution is 6.08. The first-order valence-corrected chi connectivity index (χ1v) is 10.3. The number of carbonyl (C=O) groups is 2. The summed E-state index contributed by atoms with van der Waals surface area (Å²) in [6.45, 7) is 2.68. The second-order valence-electron chi connectivity index (χ2n) is 6.62. The number of esters is 1. The van der Waals surface area contributed by atoms with E-state index in [0.29, 0.717) is 48.1 Å². The molecule has 1 aromatic heterocycles. The zero-order chi connectivity index (χ0) is 22.5. The fourth-order valence-corrected chi connectivity index (χ4v) is 2.86. The van der Waals surface area contributed by atoms with Crippen LogP contribution in [0.3, 0.4) is 0 Å². The minimum absolute atomic E-state index is 0.168. The van der Waals surface area contributed by atoms with E-state index < -0.39 is 0 Å². The molecule has 0 fully saturated rings. The number of benzene rings is 1. The molecule has 0 aliphatic rings. The van der Waals surface area contributed by atoms with Crippen LogP contribution in [0.15, 0.2) is 42.6 Å². The van der Waals surface area contributed by atoms with Crippen LogP contribution in [0.4, 0.5) is 0 Å². The summed E-state index contributed by atoms with van der Waals surface area (Å²) in [6.07, 6.45) is 7.46. The molecule has 0 bridgehead atoms. The molecular weight excluding hydrogens is 398 g/mol. The van der Waals surface area contributed by atoms with Crippen LogP contribution in [-0.2, 0) is 9.53 Å². The SMILES string of the molecule is CCOC(=O)CCCCCOc1cc(/C=C/C(=O)c2ccccc2OC)ncc1OC. The van der Waals surface area contributed by atoms with Gasteiger partial charge in [0.15, 0.2) is 17.3 Å². The van der Waals surface area contributed by atoms with E-state index in [1.54, 1.807) is 50.6 Å². The largest absolute Gasteiger partial charge is 0.496 e. The van der Waals surface area contributed by atoms with Gasteiger partial charge in [0.05, 0.1) is 44.9 Å². The number of unbranched alkanes of at least 4 members (excludes halogenated alkanes) is 2. The number of hydrogen-bond acceptors (Lipinski definition) is 7. The summed E-state index contributed by atoms with van der Waals surface area (Å²) in [5, 5.41) is 0. The third-order valence-corrected chi connectivity index (χ3v) is 4.44. The van der Waals surface area contributed by atoms with Crippen molar-refractivity contribution in [3.05, 3.63) is 53.9 Å². The Hall–Kier alpha value is -3.35. The molecule has 0 saturated carbocycles. The molecule has 0 unspecified atom stereocenters. The second-order valence-corrected chi connectivity index (χ2v) is 6.62. The predicted octanol–water partition coefficient (Wildman–Crippen LogP) is 4.50. The molecule has 0 radical (unpaired) electrons. The van der Waals surface area contributed by atoms with Crippen molar-refractivity contribution in [1.82, 2.24) is 4.98 Å². The fourth-order valence-electron chi connectivity index (χ4n) is 2.86. The zero-order valence-electron chi connectivity index (χ0n) is 18.3. The molecule has 0 saturated heterocycles. The summed E-state index contributed by atoms with van der Waals surface area (Å²) >= 11 is 0. The van der Waals surface area contributed by atoms with E-state index in [9.17, 15) is 9.59 Å². The number of carbonyl (C=O) groups excluding carboxylic acids is 2. The van der Waals surface area contributed by atoms with E-state index >= 15 is 0 Å². The van der Waals surface area contributed by atoms with Crippen molar-refractivity contribution in [2.75, 3.05) is 27.4 Å². The van der Waals surface area contributed by atoms with Gasteiger partial charge in [-0.2, -0.15) is 0 Å². The first-order valence-electron chi connectivity index (χ1n) is 10.3. The Morgan fingerprint density at radius 2 is 1.77 bits per heavy atom. The Labute approximate surface area is 183 Å². The topological polar surface area (TPSA) is 84.0 Å². The van der Waals surface area contributed by atoms with Crippen molar-refractivity contribution in [2.24, 2.45) is 0 Å². The number of rotatable bonds is 13. The maximum Gasteiger partial charge on any atom is 0.305 e. The first-order chi connectivity index (χ1) is 15.1. The molecule has 0 spiro atoms. The third-order valence-electron chi connectivity index (χ3n) is 4.44. The van der Waals surface area contributed by atoms with Crippen LogP contribution in [0.1, 0.15) is 48.7 Å². The van der Waals surface area contributed by atoms with Crippen molar-refractivity contribution >= 4 is 17.8 Å². The van der Waals surface area contributed by atoms with Gasteiger partial charge in [0, 0.05) is 12.5 Å². The molecule has 0 aliphatic heterocycles. The molecule has 2 aromatic rings. The highest BCUT2D eigenvalue weighted by Crippen LogP contribution is 2.27. The summed E-state index contributed by atoms with van der Waals surface area (Å²) in [6, 6.07) is 8.77. The molecular formula is C24H29NO6. The minimum atomic E-state index is -0.181. The number of hydrogen-bond donors (Lipinski definition) is 0. The van der Waals surface area contributed by atoms with E-state index in [0.717, 1.165) is 19.3 Å². The summed E-state index contributed by atoms with van der Waals surface area (Å²) in [4.78, 5) is 28.1. The lowest BCUT2D eigenvalue weighted by molar-refractivity contribution is -0.143. The van der Waals surface area contributed by atoms with Crippen molar-refractivity contribution in [1.29, 1.82) is 0 Å². The molecule has 0 N–H and O–H groups in total. The van der Waals surface area contributed by atoms with Gasteiger partial charge < -0.3 is 18.9 Å². The van der Waals surface area contributed by atoms with Gasteiger partial charge in [-0.15, -0.1) is 0 Å². The number of para-hydroxylation sites is 1. The van der Waals surface area contributed by atoms with Crippen LogP contribution >= 0.6 is 0 Å². The number of ketones is 1. The van der Waals surface area contributed by atoms with Crippen molar-refractivity contribution < 1.29 is 28.5 Å². The van der Waals surface area contributed by atoms with E-state index in [-0.39, 0.29) is 11.8 Å². The lowest BCUT2D eigenvalue weighted by Crippen LogP contribution is -2.04. The van der Waals surface area contributed by atoms with Gasteiger partial charge in [0.1, 0.15) is 5.75 Å². The fraction of sp³-hybridized carbons (Fsp3) is 0.375. The molecule has 31 heavy (non-hydrogen) atoms. The number of aromatic nitrogens is 1. The van der Waals surface area contributed by atoms with Crippen molar-refractivity contribution in [3.63, 3.8) is 0 Å². The lowest BCUT2D eigenvalue weighted by Gasteiger charge is -2.11. The molecule has 1 heterocycles. The van der Waals surface area contributed by atoms with Crippen LogP contribution in [0.2, 0.25) is 0 Å². The van der Waals surface area contributed by atoms with Crippen LogP contribution in [0.5, 0.6) is 17.2 Å². The molecule has 1 aromatic carbocycles. The Morgan fingerprint density at radius 3 is 2.52 bits per heavy atom. The average Bonchev–Trinajstić information content (AvgIpc) is 2.79. The van der Waals surface area contributed by atoms with Gasteiger partial charge >= 0.3 is 5.97 Å². The van der Waals surface area contributed by atoms with Gasteiger partial charge in [-0.25, -0.2) is 0 Å². The highest BCUT2D eigenvalue weighted by atomic mass is 16.5. The van der Waals surface area contributed by atoms with E-state index in [1.807, 2.05) is 6.07 Å². The van der Waals surface area contributed by atoms with Gasteiger partial charge in [-0.1, -0.05) is 12.1 Å². The molecule has 166 valence electrons. The van der Waals surface area contributed by atoms with E-state index in [1.165, 1.54) is 13.2 Å². The number of allylic oxidation sites excluding steroid dienone is 1. The molecule has 7 nitrogen and oxygen atoms in total. The molecule has 7 heteroatoms. The average molecular weight is 427 g/mol. The minimum Gasteiger partial charge on any atom is -0.496 e. The van der Waals surface area contributed by atoms with Crippen LogP contribution in [0, 0.1) is 0 Å². The quantitative estimate of drug-likeness (QED) is 0.201. The van der Waals surface area contributed by atoms with Crippen molar-refractivity contribution in [3.8, 4) is 17.2 Å². The molecule has 2 rings (SSSR count). The Morgan fingerprint density at radius 1 is 1.00 bits per heavy atom. The smallest absolute Gasteiger partial charge is 0.305 e. The summed E-state index contributed by atoms with van der Waals surface area (Å²) in [5.41, 5.74) is 1.05. The highest BCUT2D eigenvalue weighted by Gasteiger charge is 2.10. The standard InChI is InChI=1S/C24H29NO6/c1-4-30-24(27)12-6-5-9-15-31-22-16-18(25-17-23(22)29-3)13-14-20(26)19-10-7-8-11-21(19)28-2/h7-8,10-11,13-14,16-17H,4-6,9,12,15H2,1-3H3/b14-13+.